The van der Waals surface area contributed by atoms with Gasteiger partial charge < -0.3 is 4.74 Å². The Balaban J connectivity index is 2.75. The van der Waals surface area contributed by atoms with Gasteiger partial charge in [0.15, 0.2) is 5.78 Å². The molecule has 0 aliphatic carbocycles. The third kappa shape index (κ3) is 3.10. The minimum absolute atomic E-state index is 0.0389. The number of ether oxygens (including phenoxy) is 1. The third-order valence-electron chi connectivity index (χ3n) is 1.96. The topological polar surface area (TPSA) is 39.2 Å². The molecule has 3 nitrogen and oxygen atoms in total. The van der Waals surface area contributed by atoms with Gasteiger partial charge in [-0.25, -0.2) is 0 Å². The second-order valence-electron chi connectivity index (χ2n) is 2.93. The van der Waals surface area contributed by atoms with Crippen molar-refractivity contribution in [2.75, 3.05) is 7.11 Å². The number of rotatable bonds is 4. The van der Waals surface area contributed by atoms with Gasteiger partial charge in [0.1, 0.15) is 5.75 Å². The van der Waals surface area contributed by atoms with Crippen molar-refractivity contribution in [3.8, 4) is 17.6 Å². The monoisotopic (exact) mass is 203 g/mol. The van der Waals surface area contributed by atoms with E-state index in [1.165, 1.54) is 7.11 Å². The lowest BCUT2D eigenvalue weighted by molar-refractivity contribution is 0.0981. The highest BCUT2D eigenvalue weighted by Crippen LogP contribution is 2.17. The summed E-state index contributed by atoms with van der Waals surface area (Å²) in [6.45, 7) is 1.76. The Hall–Kier alpha value is -1.82. The van der Waals surface area contributed by atoms with E-state index in [4.69, 9.17) is 4.74 Å². The van der Waals surface area contributed by atoms with Crippen LogP contribution in [0.15, 0.2) is 18.5 Å². The summed E-state index contributed by atoms with van der Waals surface area (Å²) in [7, 11) is 1.53. The number of Topliss-reactive ketones (excluding diaryl/α,β-unsaturated/α-hetero) is 1. The largest absolute Gasteiger partial charge is 0.494 e. The molecule has 0 amide bonds. The van der Waals surface area contributed by atoms with Gasteiger partial charge in [-0.3, -0.25) is 9.78 Å². The van der Waals surface area contributed by atoms with E-state index in [0.717, 1.165) is 0 Å². The zero-order valence-corrected chi connectivity index (χ0v) is 8.91. The molecule has 0 saturated heterocycles. The molecule has 0 atom stereocenters. The van der Waals surface area contributed by atoms with Crippen molar-refractivity contribution in [1.82, 2.24) is 4.98 Å². The van der Waals surface area contributed by atoms with Crippen molar-refractivity contribution in [3.05, 3.63) is 24.0 Å². The van der Waals surface area contributed by atoms with E-state index in [-0.39, 0.29) is 5.78 Å². The number of hydrogen-bond donors (Lipinski definition) is 0. The molecule has 0 fully saturated rings. The van der Waals surface area contributed by atoms with E-state index in [0.29, 0.717) is 24.2 Å². The minimum Gasteiger partial charge on any atom is -0.494 e. The first-order chi connectivity index (χ1) is 7.29. The molecule has 3 heteroatoms. The van der Waals surface area contributed by atoms with E-state index >= 15 is 0 Å². The zero-order valence-electron chi connectivity index (χ0n) is 8.91. The van der Waals surface area contributed by atoms with Crippen LogP contribution in [0, 0.1) is 11.8 Å². The third-order valence-corrected chi connectivity index (χ3v) is 1.96. The van der Waals surface area contributed by atoms with Crippen molar-refractivity contribution in [2.24, 2.45) is 0 Å². The Labute approximate surface area is 89.5 Å². The SMILES string of the molecule is CC#CCCC(=O)c1ccncc1OC. The molecule has 0 N–H and O–H groups in total. The predicted octanol–water partition coefficient (Wildman–Crippen LogP) is 2.08. The molecule has 0 saturated carbocycles. The van der Waals surface area contributed by atoms with Gasteiger partial charge in [0, 0.05) is 19.0 Å². The molecule has 1 aromatic heterocycles. The smallest absolute Gasteiger partial charge is 0.167 e. The van der Waals surface area contributed by atoms with Crippen molar-refractivity contribution in [1.29, 1.82) is 0 Å². The Bertz CT molecular complexity index is 402. The Morgan fingerprint density at radius 2 is 2.40 bits per heavy atom. The fraction of sp³-hybridized carbons (Fsp3) is 0.333. The van der Waals surface area contributed by atoms with Gasteiger partial charge in [-0.2, -0.15) is 0 Å². The molecular weight excluding hydrogens is 190 g/mol. The van der Waals surface area contributed by atoms with E-state index in [2.05, 4.69) is 16.8 Å². The summed E-state index contributed by atoms with van der Waals surface area (Å²) < 4.78 is 5.05. The van der Waals surface area contributed by atoms with Crippen molar-refractivity contribution in [3.63, 3.8) is 0 Å². The second-order valence-corrected chi connectivity index (χ2v) is 2.93. The molecule has 1 aromatic rings. The van der Waals surface area contributed by atoms with E-state index in [9.17, 15) is 4.79 Å². The lowest BCUT2D eigenvalue weighted by Crippen LogP contribution is -2.02. The fourth-order valence-electron chi connectivity index (χ4n) is 1.21. The van der Waals surface area contributed by atoms with Crippen LogP contribution >= 0.6 is 0 Å². The highest BCUT2D eigenvalue weighted by Gasteiger charge is 2.10. The molecule has 0 aliphatic rings. The van der Waals surface area contributed by atoms with Gasteiger partial charge >= 0.3 is 0 Å². The average Bonchev–Trinajstić information content (AvgIpc) is 2.29. The summed E-state index contributed by atoms with van der Waals surface area (Å²) in [5.74, 6) is 6.18. The maximum Gasteiger partial charge on any atom is 0.167 e. The molecule has 0 aromatic carbocycles. The summed E-state index contributed by atoms with van der Waals surface area (Å²) in [4.78, 5) is 15.6. The lowest BCUT2D eigenvalue weighted by atomic mass is 10.1. The fourth-order valence-corrected chi connectivity index (χ4v) is 1.21. The molecule has 0 aliphatic heterocycles. The molecule has 0 radical (unpaired) electrons. The molecule has 0 unspecified atom stereocenters. The number of hydrogen-bond acceptors (Lipinski definition) is 3. The van der Waals surface area contributed by atoms with Crippen LogP contribution in [0.1, 0.15) is 30.1 Å². The van der Waals surface area contributed by atoms with Gasteiger partial charge in [-0.1, -0.05) is 0 Å². The summed E-state index contributed by atoms with van der Waals surface area (Å²) in [5.41, 5.74) is 0.574. The van der Waals surface area contributed by atoms with Crippen LogP contribution in [0.5, 0.6) is 5.75 Å². The van der Waals surface area contributed by atoms with Crippen LogP contribution in [-0.2, 0) is 0 Å². The molecule has 15 heavy (non-hydrogen) atoms. The van der Waals surface area contributed by atoms with Gasteiger partial charge in [-0.05, 0) is 13.0 Å². The van der Waals surface area contributed by atoms with Crippen LogP contribution < -0.4 is 4.74 Å². The number of nitrogens with zero attached hydrogens (tertiary/aromatic N) is 1. The van der Waals surface area contributed by atoms with Gasteiger partial charge in [0.2, 0.25) is 0 Å². The number of aromatic nitrogens is 1. The first-order valence-corrected chi connectivity index (χ1v) is 4.70. The molecule has 1 rings (SSSR count). The maximum absolute atomic E-state index is 11.7. The second kappa shape index (κ2) is 5.82. The van der Waals surface area contributed by atoms with Crippen LogP contribution in [-0.4, -0.2) is 17.9 Å². The Morgan fingerprint density at radius 1 is 1.60 bits per heavy atom. The average molecular weight is 203 g/mol. The first-order valence-electron chi connectivity index (χ1n) is 4.70. The molecule has 78 valence electrons. The summed E-state index contributed by atoms with van der Waals surface area (Å²) in [6, 6.07) is 1.67. The van der Waals surface area contributed by atoms with E-state index in [1.54, 1.807) is 25.4 Å². The van der Waals surface area contributed by atoms with Crippen molar-refractivity contribution in [2.45, 2.75) is 19.8 Å². The highest BCUT2D eigenvalue weighted by molar-refractivity contribution is 5.98. The quantitative estimate of drug-likeness (QED) is 0.555. The molecule has 0 spiro atoms. The maximum atomic E-state index is 11.7. The van der Waals surface area contributed by atoms with Gasteiger partial charge in [-0.15, -0.1) is 11.8 Å². The predicted molar refractivity (Wildman–Crippen MR) is 57.8 cm³/mol. The summed E-state index contributed by atoms with van der Waals surface area (Å²) in [5, 5.41) is 0. The van der Waals surface area contributed by atoms with Crippen molar-refractivity contribution < 1.29 is 9.53 Å². The van der Waals surface area contributed by atoms with Crippen molar-refractivity contribution >= 4 is 5.78 Å². The summed E-state index contributed by atoms with van der Waals surface area (Å²) >= 11 is 0. The van der Waals surface area contributed by atoms with E-state index in [1.807, 2.05) is 0 Å². The number of ketones is 1. The number of carbonyl (C=O) groups is 1. The standard InChI is InChI=1S/C12H13NO2/c1-3-4-5-6-11(14)10-7-8-13-9-12(10)15-2/h7-9H,5-6H2,1-2H3. The minimum atomic E-state index is 0.0389. The van der Waals surface area contributed by atoms with Gasteiger partial charge in [0.05, 0.1) is 18.9 Å². The zero-order chi connectivity index (χ0) is 11.1. The Morgan fingerprint density at radius 3 is 3.07 bits per heavy atom. The molecule has 1 heterocycles. The number of methoxy groups -OCH3 is 1. The molecule has 0 bridgehead atoms. The van der Waals surface area contributed by atoms with E-state index < -0.39 is 0 Å². The number of pyridine rings is 1. The molecular formula is C12H13NO2. The normalized spacial score (nSPS) is 8.93. The lowest BCUT2D eigenvalue weighted by Gasteiger charge is -2.04. The van der Waals surface area contributed by atoms with Crippen LogP contribution in [0.25, 0.3) is 0 Å². The first kappa shape index (κ1) is 11.3. The van der Waals surface area contributed by atoms with Crippen LogP contribution in [0.2, 0.25) is 0 Å². The highest BCUT2D eigenvalue weighted by atomic mass is 16.5. The van der Waals surface area contributed by atoms with Crippen LogP contribution in [0.4, 0.5) is 0 Å². The number of carbonyl (C=O) groups excluding carboxylic acids is 1. The van der Waals surface area contributed by atoms with Gasteiger partial charge in [0.25, 0.3) is 0 Å². The Kier molecular flexibility index (Phi) is 4.36. The van der Waals surface area contributed by atoms with Crippen LogP contribution in [0.3, 0.4) is 0 Å². The summed E-state index contributed by atoms with van der Waals surface area (Å²) in [6.07, 6.45) is 4.13.